The van der Waals surface area contributed by atoms with E-state index in [1.807, 2.05) is 0 Å². The van der Waals surface area contributed by atoms with Crippen molar-refractivity contribution in [1.29, 1.82) is 0 Å². The van der Waals surface area contributed by atoms with Crippen LogP contribution in [0.5, 0.6) is 11.6 Å². The number of ether oxygens (including phenoxy) is 1. The molecule has 6 heteroatoms. The number of carbonyl (C=O) groups is 1. The zero-order valence-corrected chi connectivity index (χ0v) is 9.91. The Balaban J connectivity index is 2.12. The molecule has 0 saturated heterocycles. The lowest BCUT2D eigenvalue weighted by Gasteiger charge is -2.02. The van der Waals surface area contributed by atoms with Gasteiger partial charge in [0, 0.05) is 18.8 Å². The lowest BCUT2D eigenvalue weighted by atomic mass is 10.3. The zero-order chi connectivity index (χ0) is 13.0. The van der Waals surface area contributed by atoms with E-state index in [1.54, 1.807) is 17.1 Å². The maximum Gasteiger partial charge on any atom is 0.335 e. The van der Waals surface area contributed by atoms with Gasteiger partial charge < -0.3 is 9.84 Å². The molecule has 0 atom stereocenters. The summed E-state index contributed by atoms with van der Waals surface area (Å²) < 4.78 is 7.20. The first-order chi connectivity index (χ1) is 8.69. The van der Waals surface area contributed by atoms with Crippen molar-refractivity contribution < 1.29 is 14.6 Å². The average Bonchev–Trinajstić information content (AvgIpc) is 2.77. The molecule has 94 valence electrons. The van der Waals surface area contributed by atoms with E-state index in [1.165, 1.54) is 18.3 Å². The summed E-state index contributed by atoms with van der Waals surface area (Å²) in [6.45, 7) is 2.87. The van der Waals surface area contributed by atoms with Gasteiger partial charge in [0.05, 0.1) is 18.0 Å². The highest BCUT2D eigenvalue weighted by Crippen LogP contribution is 2.19. The third-order valence-corrected chi connectivity index (χ3v) is 2.27. The van der Waals surface area contributed by atoms with E-state index in [0.29, 0.717) is 5.75 Å². The van der Waals surface area contributed by atoms with E-state index in [9.17, 15) is 4.79 Å². The Morgan fingerprint density at radius 2 is 2.39 bits per heavy atom. The standard InChI is InChI=1S/C12H13N3O3/c1-2-5-15-8-10(7-14-15)18-11-6-9(12(16)17)3-4-13-11/h3-4,6-8H,2,5H2,1H3,(H,16,17). The minimum atomic E-state index is -1.01. The van der Waals surface area contributed by atoms with Crippen LogP contribution in [0, 0.1) is 0 Å². The number of hydrogen-bond donors (Lipinski definition) is 1. The van der Waals surface area contributed by atoms with Gasteiger partial charge >= 0.3 is 5.97 Å². The SMILES string of the molecule is CCCn1cc(Oc2cc(C(=O)O)ccn2)cn1. The molecule has 2 aromatic rings. The van der Waals surface area contributed by atoms with Gasteiger partial charge in [-0.05, 0) is 12.5 Å². The van der Waals surface area contributed by atoms with Crippen LogP contribution in [0.1, 0.15) is 23.7 Å². The fourth-order valence-corrected chi connectivity index (χ4v) is 1.47. The van der Waals surface area contributed by atoms with Crippen LogP contribution in [0.2, 0.25) is 0 Å². The smallest absolute Gasteiger partial charge is 0.335 e. The molecule has 0 unspecified atom stereocenters. The van der Waals surface area contributed by atoms with Crippen LogP contribution in [0.4, 0.5) is 0 Å². The van der Waals surface area contributed by atoms with Crippen LogP contribution in [0.3, 0.4) is 0 Å². The largest absolute Gasteiger partial charge is 0.478 e. The molecule has 0 aliphatic carbocycles. The van der Waals surface area contributed by atoms with Gasteiger partial charge in [-0.25, -0.2) is 9.78 Å². The first-order valence-electron chi connectivity index (χ1n) is 5.58. The van der Waals surface area contributed by atoms with E-state index in [0.717, 1.165) is 13.0 Å². The van der Waals surface area contributed by atoms with Gasteiger partial charge in [-0.2, -0.15) is 5.10 Å². The number of carboxylic acids is 1. The molecular formula is C12H13N3O3. The van der Waals surface area contributed by atoms with Crippen LogP contribution < -0.4 is 4.74 Å². The Hall–Kier alpha value is -2.37. The van der Waals surface area contributed by atoms with Gasteiger partial charge in [0.15, 0.2) is 5.75 Å². The zero-order valence-electron chi connectivity index (χ0n) is 9.91. The van der Waals surface area contributed by atoms with Crippen LogP contribution in [-0.4, -0.2) is 25.8 Å². The topological polar surface area (TPSA) is 77.2 Å². The van der Waals surface area contributed by atoms with Crippen molar-refractivity contribution in [3.8, 4) is 11.6 Å². The van der Waals surface area contributed by atoms with Crippen molar-refractivity contribution >= 4 is 5.97 Å². The van der Waals surface area contributed by atoms with Gasteiger partial charge in [-0.15, -0.1) is 0 Å². The lowest BCUT2D eigenvalue weighted by Crippen LogP contribution is -1.97. The Kier molecular flexibility index (Phi) is 3.57. The summed E-state index contributed by atoms with van der Waals surface area (Å²) in [7, 11) is 0. The van der Waals surface area contributed by atoms with E-state index >= 15 is 0 Å². The van der Waals surface area contributed by atoms with Gasteiger partial charge in [-0.3, -0.25) is 4.68 Å². The minimum absolute atomic E-state index is 0.140. The minimum Gasteiger partial charge on any atom is -0.478 e. The van der Waals surface area contributed by atoms with E-state index in [2.05, 4.69) is 17.0 Å². The van der Waals surface area contributed by atoms with Crippen molar-refractivity contribution in [2.75, 3.05) is 0 Å². The second-order valence-corrected chi connectivity index (χ2v) is 3.73. The highest BCUT2D eigenvalue weighted by atomic mass is 16.5. The normalized spacial score (nSPS) is 10.3. The Bertz CT molecular complexity index is 551. The van der Waals surface area contributed by atoms with E-state index in [-0.39, 0.29) is 11.4 Å². The first-order valence-corrected chi connectivity index (χ1v) is 5.58. The van der Waals surface area contributed by atoms with Gasteiger partial charge in [0.25, 0.3) is 0 Å². The van der Waals surface area contributed by atoms with Gasteiger partial charge in [0.2, 0.25) is 5.88 Å². The molecule has 0 amide bonds. The Labute approximate surface area is 104 Å². The number of hydrogen-bond acceptors (Lipinski definition) is 4. The average molecular weight is 247 g/mol. The van der Waals surface area contributed by atoms with Gasteiger partial charge in [-0.1, -0.05) is 6.92 Å². The fourth-order valence-electron chi connectivity index (χ4n) is 1.47. The van der Waals surface area contributed by atoms with Crippen LogP contribution >= 0.6 is 0 Å². The Morgan fingerprint density at radius 1 is 1.56 bits per heavy atom. The maximum atomic E-state index is 10.8. The van der Waals surface area contributed by atoms with Crippen molar-refractivity contribution in [1.82, 2.24) is 14.8 Å². The highest BCUT2D eigenvalue weighted by molar-refractivity contribution is 5.87. The molecule has 0 spiro atoms. The number of carboxylic acid groups (broad SMARTS) is 1. The molecular weight excluding hydrogens is 234 g/mol. The monoisotopic (exact) mass is 247 g/mol. The lowest BCUT2D eigenvalue weighted by molar-refractivity contribution is 0.0696. The molecule has 2 heterocycles. The number of aromatic carboxylic acids is 1. The van der Waals surface area contributed by atoms with Crippen LogP contribution in [0.25, 0.3) is 0 Å². The molecule has 2 aromatic heterocycles. The molecule has 0 bridgehead atoms. The van der Waals surface area contributed by atoms with Crippen molar-refractivity contribution in [3.05, 3.63) is 36.3 Å². The fraction of sp³-hybridized carbons (Fsp3) is 0.250. The summed E-state index contributed by atoms with van der Waals surface area (Å²) >= 11 is 0. The van der Waals surface area contributed by atoms with E-state index < -0.39 is 5.97 Å². The molecule has 1 N–H and O–H groups in total. The van der Waals surface area contributed by atoms with Crippen LogP contribution in [-0.2, 0) is 6.54 Å². The first kappa shape index (κ1) is 12.1. The summed E-state index contributed by atoms with van der Waals surface area (Å²) in [5.41, 5.74) is 0.140. The van der Waals surface area contributed by atoms with Crippen molar-refractivity contribution in [3.63, 3.8) is 0 Å². The number of nitrogens with zero attached hydrogens (tertiary/aromatic N) is 3. The molecule has 0 saturated carbocycles. The van der Waals surface area contributed by atoms with Gasteiger partial charge in [0.1, 0.15) is 0 Å². The summed E-state index contributed by atoms with van der Waals surface area (Å²) in [6.07, 6.45) is 5.70. The molecule has 0 aromatic carbocycles. The molecule has 6 nitrogen and oxygen atoms in total. The number of rotatable bonds is 5. The molecule has 0 aliphatic heterocycles. The summed E-state index contributed by atoms with van der Waals surface area (Å²) in [6, 6.07) is 2.79. The molecule has 0 fully saturated rings. The molecule has 0 aliphatic rings. The third-order valence-electron chi connectivity index (χ3n) is 2.27. The maximum absolute atomic E-state index is 10.8. The number of aryl methyl sites for hydroxylation is 1. The number of aromatic nitrogens is 3. The molecule has 2 rings (SSSR count). The highest BCUT2D eigenvalue weighted by Gasteiger charge is 2.07. The van der Waals surface area contributed by atoms with Crippen molar-refractivity contribution in [2.24, 2.45) is 0 Å². The summed E-state index contributed by atoms with van der Waals surface area (Å²) in [5, 5.41) is 13.0. The second-order valence-electron chi connectivity index (χ2n) is 3.73. The number of pyridine rings is 1. The predicted molar refractivity (Wildman–Crippen MR) is 63.8 cm³/mol. The quantitative estimate of drug-likeness (QED) is 0.876. The Morgan fingerprint density at radius 3 is 3.11 bits per heavy atom. The summed E-state index contributed by atoms with van der Waals surface area (Å²) in [4.78, 5) is 14.7. The molecule has 18 heavy (non-hydrogen) atoms. The summed E-state index contributed by atoms with van der Waals surface area (Å²) in [5.74, 6) is -0.228. The predicted octanol–water partition coefficient (Wildman–Crippen LogP) is 2.18. The van der Waals surface area contributed by atoms with E-state index in [4.69, 9.17) is 9.84 Å². The second kappa shape index (κ2) is 5.31. The molecule has 0 radical (unpaired) electrons. The third kappa shape index (κ3) is 2.85. The van der Waals surface area contributed by atoms with Crippen LogP contribution in [0.15, 0.2) is 30.7 Å². The van der Waals surface area contributed by atoms with Crippen molar-refractivity contribution in [2.45, 2.75) is 19.9 Å².